The van der Waals surface area contributed by atoms with Crippen LogP contribution in [0.4, 0.5) is 4.79 Å². The maximum absolute atomic E-state index is 11.3. The van der Waals surface area contributed by atoms with E-state index in [-0.39, 0.29) is 18.2 Å². The predicted octanol–water partition coefficient (Wildman–Crippen LogP) is 1.63. The molecule has 72 valence electrons. The number of carbonyl (C=O) groups is 1. The van der Waals surface area contributed by atoms with Gasteiger partial charge in [-0.1, -0.05) is 12.8 Å². The van der Waals surface area contributed by atoms with E-state index in [0.717, 1.165) is 6.42 Å². The molecule has 0 bridgehead atoms. The molecular weight excluding hydrogens is 166 g/mol. The minimum Gasteiger partial charge on any atom is -0.431 e. The van der Waals surface area contributed by atoms with Crippen molar-refractivity contribution >= 4 is 6.09 Å². The molecule has 1 aliphatic rings. The van der Waals surface area contributed by atoms with Crippen LogP contribution in [-0.4, -0.2) is 29.7 Å². The molecule has 0 aliphatic carbocycles. The topological polar surface area (TPSA) is 29.5 Å². The fourth-order valence-electron chi connectivity index (χ4n) is 1.30. The molecule has 1 rings (SSSR count). The van der Waals surface area contributed by atoms with Crippen LogP contribution in [0.5, 0.6) is 0 Å². The van der Waals surface area contributed by atoms with Gasteiger partial charge in [0.1, 0.15) is 0 Å². The number of amides is 1. The van der Waals surface area contributed by atoms with Crippen LogP contribution in [0.3, 0.4) is 0 Å². The Morgan fingerprint density at radius 2 is 2.46 bits per heavy atom. The van der Waals surface area contributed by atoms with Crippen molar-refractivity contribution in [2.45, 2.75) is 39.3 Å². The lowest BCUT2D eigenvalue weighted by atomic mass is 10.2. The summed E-state index contributed by atoms with van der Waals surface area (Å²) in [6.45, 7) is 6.42. The third-order valence-electron chi connectivity index (χ3n) is 2.27. The van der Waals surface area contributed by atoms with E-state index in [1.165, 1.54) is 0 Å². The van der Waals surface area contributed by atoms with Crippen LogP contribution in [0, 0.1) is 11.8 Å². The highest BCUT2D eigenvalue weighted by Crippen LogP contribution is 2.15. The van der Waals surface area contributed by atoms with E-state index in [4.69, 9.17) is 4.74 Å². The normalized spacial score (nSPS) is 23.5. The van der Waals surface area contributed by atoms with Gasteiger partial charge in [0.2, 0.25) is 0 Å². The summed E-state index contributed by atoms with van der Waals surface area (Å²) in [4.78, 5) is 13.0. The van der Waals surface area contributed by atoms with Crippen LogP contribution in [0.15, 0.2) is 0 Å². The van der Waals surface area contributed by atoms with Crippen molar-refractivity contribution in [2.75, 3.05) is 6.54 Å². The molecule has 1 saturated heterocycles. The van der Waals surface area contributed by atoms with Gasteiger partial charge < -0.3 is 9.64 Å². The molecular formula is C10H15NO2. The Bertz CT molecular complexity index is 251. The Kier molecular flexibility index (Phi) is 3.18. The summed E-state index contributed by atoms with van der Waals surface area (Å²) in [5, 5.41) is 0. The van der Waals surface area contributed by atoms with E-state index in [0.29, 0.717) is 6.54 Å². The fourth-order valence-corrected chi connectivity index (χ4v) is 1.30. The molecule has 0 N–H and O–H groups in total. The van der Waals surface area contributed by atoms with Gasteiger partial charge in [-0.3, -0.25) is 0 Å². The number of ether oxygens (including phenoxy) is 1. The first-order valence-electron chi connectivity index (χ1n) is 4.58. The van der Waals surface area contributed by atoms with Crippen LogP contribution in [0.2, 0.25) is 0 Å². The summed E-state index contributed by atoms with van der Waals surface area (Å²) < 4.78 is 5.05. The lowest BCUT2D eigenvalue weighted by Crippen LogP contribution is -2.33. The van der Waals surface area contributed by atoms with E-state index in [1.54, 1.807) is 11.8 Å². The molecule has 13 heavy (non-hydrogen) atoms. The van der Waals surface area contributed by atoms with Crippen molar-refractivity contribution < 1.29 is 9.53 Å². The van der Waals surface area contributed by atoms with Crippen molar-refractivity contribution in [3.63, 3.8) is 0 Å². The van der Waals surface area contributed by atoms with Crippen molar-refractivity contribution in [3.8, 4) is 11.8 Å². The fraction of sp³-hybridized carbons (Fsp3) is 0.700. The predicted molar refractivity (Wildman–Crippen MR) is 50.2 cm³/mol. The Morgan fingerprint density at radius 3 is 3.00 bits per heavy atom. The van der Waals surface area contributed by atoms with Crippen LogP contribution in [0.25, 0.3) is 0 Å². The molecule has 1 amide bonds. The zero-order valence-electron chi connectivity index (χ0n) is 8.33. The summed E-state index contributed by atoms with van der Waals surface area (Å²) in [6.07, 6.45) is 0.482. The molecule has 0 spiro atoms. The number of nitrogens with zero attached hydrogens (tertiary/aromatic N) is 1. The smallest absolute Gasteiger partial charge is 0.411 e. The largest absolute Gasteiger partial charge is 0.431 e. The highest BCUT2D eigenvalue weighted by molar-refractivity contribution is 5.70. The molecule has 2 atom stereocenters. The standard InChI is InChI=1S/C10H15NO2/c1-4-6-9-7-11(8(3)5-2)10(12)13-9/h8-9H,5,7H2,1-3H3. The van der Waals surface area contributed by atoms with Crippen LogP contribution >= 0.6 is 0 Å². The van der Waals surface area contributed by atoms with Gasteiger partial charge in [-0.05, 0) is 20.3 Å². The highest BCUT2D eigenvalue weighted by Gasteiger charge is 2.32. The quantitative estimate of drug-likeness (QED) is 0.606. The molecule has 1 heterocycles. The Morgan fingerprint density at radius 1 is 1.77 bits per heavy atom. The minimum atomic E-state index is -0.234. The maximum atomic E-state index is 11.3. The van der Waals surface area contributed by atoms with Crippen molar-refractivity contribution in [1.29, 1.82) is 0 Å². The molecule has 0 aromatic carbocycles. The average molecular weight is 181 g/mol. The maximum Gasteiger partial charge on any atom is 0.411 e. The molecule has 1 aliphatic heterocycles. The second-order valence-corrected chi connectivity index (χ2v) is 3.18. The number of hydrogen-bond donors (Lipinski definition) is 0. The van der Waals surface area contributed by atoms with Gasteiger partial charge in [0, 0.05) is 6.04 Å². The van der Waals surface area contributed by atoms with E-state index in [2.05, 4.69) is 18.8 Å². The molecule has 3 heteroatoms. The highest BCUT2D eigenvalue weighted by atomic mass is 16.6. The summed E-state index contributed by atoms with van der Waals surface area (Å²) in [6, 6.07) is 0.246. The van der Waals surface area contributed by atoms with E-state index in [9.17, 15) is 4.79 Å². The van der Waals surface area contributed by atoms with Gasteiger partial charge in [-0.25, -0.2) is 4.79 Å². The Labute approximate surface area is 79.1 Å². The zero-order chi connectivity index (χ0) is 9.84. The summed E-state index contributed by atoms with van der Waals surface area (Å²) in [5.41, 5.74) is 0. The number of hydrogen-bond acceptors (Lipinski definition) is 2. The molecule has 0 aromatic heterocycles. The molecule has 0 aromatic rings. The molecule has 2 unspecified atom stereocenters. The van der Waals surface area contributed by atoms with Gasteiger partial charge in [-0.15, -0.1) is 5.92 Å². The second-order valence-electron chi connectivity index (χ2n) is 3.18. The minimum absolute atomic E-state index is 0.230. The third kappa shape index (κ3) is 2.15. The summed E-state index contributed by atoms with van der Waals surface area (Å²) in [7, 11) is 0. The first-order valence-corrected chi connectivity index (χ1v) is 4.58. The number of cyclic esters (lactones) is 1. The Hall–Kier alpha value is -1.17. The molecule has 3 nitrogen and oxygen atoms in total. The zero-order valence-corrected chi connectivity index (χ0v) is 8.33. The summed E-state index contributed by atoms with van der Waals surface area (Å²) >= 11 is 0. The van der Waals surface area contributed by atoms with Crippen molar-refractivity contribution in [3.05, 3.63) is 0 Å². The van der Waals surface area contributed by atoms with Gasteiger partial charge >= 0.3 is 6.09 Å². The van der Waals surface area contributed by atoms with E-state index < -0.39 is 0 Å². The number of rotatable bonds is 2. The molecule has 1 fully saturated rings. The first kappa shape index (κ1) is 9.91. The van der Waals surface area contributed by atoms with Gasteiger partial charge in [-0.2, -0.15) is 0 Å². The lowest BCUT2D eigenvalue weighted by Gasteiger charge is -2.19. The van der Waals surface area contributed by atoms with Crippen LogP contribution in [-0.2, 0) is 4.74 Å². The third-order valence-corrected chi connectivity index (χ3v) is 2.27. The van der Waals surface area contributed by atoms with E-state index >= 15 is 0 Å². The summed E-state index contributed by atoms with van der Waals surface area (Å²) in [5.74, 6) is 5.60. The van der Waals surface area contributed by atoms with Crippen LogP contribution < -0.4 is 0 Å². The second kappa shape index (κ2) is 4.18. The average Bonchev–Trinajstić information content (AvgIpc) is 2.46. The molecule has 0 radical (unpaired) electrons. The van der Waals surface area contributed by atoms with Gasteiger partial charge in [0.15, 0.2) is 6.10 Å². The van der Waals surface area contributed by atoms with Crippen LogP contribution in [0.1, 0.15) is 27.2 Å². The van der Waals surface area contributed by atoms with Crippen molar-refractivity contribution in [2.24, 2.45) is 0 Å². The Balaban J connectivity index is 2.59. The van der Waals surface area contributed by atoms with Crippen molar-refractivity contribution in [1.82, 2.24) is 4.90 Å². The number of carbonyl (C=O) groups excluding carboxylic acids is 1. The van der Waals surface area contributed by atoms with E-state index in [1.807, 2.05) is 6.92 Å². The van der Waals surface area contributed by atoms with Gasteiger partial charge in [0.25, 0.3) is 0 Å². The monoisotopic (exact) mass is 181 g/mol. The molecule has 0 saturated carbocycles. The SMILES string of the molecule is CC#CC1CN(C(C)CC)C(=O)O1. The van der Waals surface area contributed by atoms with Gasteiger partial charge in [0.05, 0.1) is 6.54 Å². The lowest BCUT2D eigenvalue weighted by molar-refractivity contribution is 0.141. The first-order chi connectivity index (χ1) is 6.19.